The molecule has 1 aromatic rings. The number of hydrogen-bond acceptors (Lipinski definition) is 11. The second-order valence-electron chi connectivity index (χ2n) is 15.5. The Morgan fingerprint density at radius 1 is 1.10 bits per heavy atom. The van der Waals surface area contributed by atoms with E-state index in [2.05, 4.69) is 5.32 Å². The number of likely N-dealkylation sites (N-methyl/N-ethyl adjacent to an activating group) is 1. The van der Waals surface area contributed by atoms with Crippen molar-refractivity contribution < 1.29 is 43.5 Å². The molecule has 12 nitrogen and oxygen atoms in total. The van der Waals surface area contributed by atoms with Gasteiger partial charge < -0.3 is 44.5 Å². The van der Waals surface area contributed by atoms with Gasteiger partial charge in [0.1, 0.15) is 23.9 Å². The van der Waals surface area contributed by atoms with Gasteiger partial charge in [-0.3, -0.25) is 10.1 Å². The zero-order chi connectivity index (χ0) is 37.5. The molecule has 3 aliphatic rings. The number of esters is 1. The van der Waals surface area contributed by atoms with E-state index in [9.17, 15) is 19.8 Å². The molecule has 0 saturated carbocycles. The van der Waals surface area contributed by atoms with Crippen LogP contribution in [0.1, 0.15) is 74.7 Å². The molecule has 5 N–H and O–H groups in total. The van der Waals surface area contributed by atoms with E-state index in [1.807, 2.05) is 53.6 Å². The average Bonchev–Trinajstić information content (AvgIpc) is 3.25. The summed E-state index contributed by atoms with van der Waals surface area (Å²) in [6.07, 6.45) is -5.55. The van der Waals surface area contributed by atoms with Crippen LogP contribution in [0.2, 0.25) is 10.0 Å². The van der Waals surface area contributed by atoms with Crippen molar-refractivity contribution in [3.05, 3.63) is 28.2 Å². The summed E-state index contributed by atoms with van der Waals surface area (Å²) in [4.78, 5) is 29.5. The van der Waals surface area contributed by atoms with Crippen LogP contribution in [-0.2, 0) is 28.5 Å². The zero-order valence-electron chi connectivity index (χ0n) is 30.9. The first-order valence-electron chi connectivity index (χ1n) is 17.7. The standard InChI is InChI=1S/C36H57Cl2N3O9/c1-11-26-36(8)30(39)19(4)28(50-36)17(2)16-35(7,45)31(49-33-27(42)25(41(9)10)12-18(3)46-33)20(5)29(21(6)32(43)47-26)48-34(44)40-24-14-22(37)13-23(38)15-24/h13-15,17-21,25-31,33,42,45H,11-12,16,39H2,1-10H3,(H,40,44)/t17-,18-,19+,20+,21-,25+,26-,27-,28-,29+,30+,31-,33+,35+,36?/m1/s1. The maximum Gasteiger partial charge on any atom is 0.411 e. The Kier molecular flexibility index (Phi) is 13.2. The van der Waals surface area contributed by atoms with Crippen LogP contribution in [-0.4, -0.2) is 107 Å². The van der Waals surface area contributed by atoms with E-state index in [-0.39, 0.29) is 42.2 Å². The molecule has 3 aliphatic heterocycles. The minimum Gasteiger partial charge on any atom is -0.459 e. The summed E-state index contributed by atoms with van der Waals surface area (Å²) in [6.45, 7) is 14.6. The van der Waals surface area contributed by atoms with Gasteiger partial charge in [-0.1, -0.05) is 50.9 Å². The lowest BCUT2D eigenvalue weighted by Crippen LogP contribution is -2.59. The number of aliphatic hydroxyl groups excluding tert-OH is 1. The summed E-state index contributed by atoms with van der Waals surface area (Å²) in [6, 6.07) is 3.78. The van der Waals surface area contributed by atoms with E-state index in [0.29, 0.717) is 22.9 Å². The Morgan fingerprint density at radius 3 is 2.30 bits per heavy atom. The van der Waals surface area contributed by atoms with E-state index >= 15 is 0 Å². The Balaban J connectivity index is 1.79. The largest absolute Gasteiger partial charge is 0.459 e. The summed E-state index contributed by atoms with van der Waals surface area (Å²) >= 11 is 12.3. The average molecular weight is 747 g/mol. The quantitative estimate of drug-likeness (QED) is 0.282. The van der Waals surface area contributed by atoms with Crippen molar-refractivity contribution >= 4 is 41.0 Å². The summed E-state index contributed by atoms with van der Waals surface area (Å²) < 4.78 is 31.7. The predicted molar refractivity (Wildman–Crippen MR) is 191 cm³/mol. The number of nitrogens with zero attached hydrogens (tertiary/aromatic N) is 1. The fraction of sp³-hybridized carbons (Fsp3) is 0.778. The normalized spacial score (nSPS) is 43.0. The molecule has 50 heavy (non-hydrogen) atoms. The number of nitrogens with one attached hydrogen (secondary N) is 1. The van der Waals surface area contributed by atoms with Crippen molar-refractivity contribution in [3.63, 3.8) is 0 Å². The maximum atomic E-state index is 14.1. The lowest BCUT2D eigenvalue weighted by atomic mass is 9.75. The number of fused-ring (bicyclic) bond motifs is 2. The van der Waals surface area contributed by atoms with Crippen molar-refractivity contribution in [1.82, 2.24) is 4.90 Å². The summed E-state index contributed by atoms with van der Waals surface area (Å²) in [5.41, 5.74) is 4.46. The van der Waals surface area contributed by atoms with Gasteiger partial charge in [0.05, 0.1) is 29.8 Å². The van der Waals surface area contributed by atoms with Crippen LogP contribution in [0.4, 0.5) is 10.5 Å². The van der Waals surface area contributed by atoms with Crippen molar-refractivity contribution in [3.8, 4) is 0 Å². The maximum absolute atomic E-state index is 14.1. The van der Waals surface area contributed by atoms with Gasteiger partial charge in [-0.15, -0.1) is 0 Å². The number of ether oxygens (including phenoxy) is 5. The number of nitrogens with two attached hydrogens (primary N) is 1. The van der Waals surface area contributed by atoms with Crippen molar-refractivity contribution in [1.29, 1.82) is 0 Å². The van der Waals surface area contributed by atoms with E-state index in [0.717, 1.165) is 0 Å². The predicted octanol–water partition coefficient (Wildman–Crippen LogP) is 5.23. The smallest absolute Gasteiger partial charge is 0.411 e. The van der Waals surface area contributed by atoms with Gasteiger partial charge in [0, 0.05) is 39.7 Å². The Bertz CT molecular complexity index is 1330. The van der Waals surface area contributed by atoms with E-state index in [1.165, 1.54) is 18.2 Å². The van der Waals surface area contributed by atoms with Gasteiger partial charge >= 0.3 is 12.1 Å². The van der Waals surface area contributed by atoms with Crippen LogP contribution in [0.5, 0.6) is 0 Å². The number of hydrogen-bond donors (Lipinski definition) is 4. The van der Waals surface area contributed by atoms with Crippen LogP contribution >= 0.6 is 23.2 Å². The number of halogens is 2. The Hall–Kier alpha value is -1.74. The molecule has 14 heteroatoms. The van der Waals surface area contributed by atoms with Gasteiger partial charge in [0.2, 0.25) is 0 Å². The molecule has 0 aliphatic carbocycles. The first-order chi connectivity index (χ1) is 23.2. The number of rotatable bonds is 6. The SMILES string of the molecule is CC[C@H]1OC(=O)[C@H](C)[C@@H](OC(=O)Nc2cc(Cl)cc(Cl)c2)[C@H](C)[C@@H](O[C@@H]2O[C@H](C)C[C@H](N(C)C)[C@H]2O)[C@@](C)(O)C[C@@H](C)[C@H]2OC1(C)[C@@H](N)[C@H]2C. The number of cyclic esters (lactones) is 1. The molecule has 3 saturated heterocycles. The van der Waals surface area contributed by atoms with Gasteiger partial charge in [-0.25, -0.2) is 4.79 Å². The molecule has 1 unspecified atom stereocenters. The number of benzene rings is 1. The summed E-state index contributed by atoms with van der Waals surface area (Å²) in [7, 11) is 3.74. The van der Waals surface area contributed by atoms with Gasteiger partial charge in [0.15, 0.2) is 6.29 Å². The molecule has 2 bridgehead atoms. The molecule has 4 rings (SSSR count). The molecule has 3 fully saturated rings. The number of carbonyl (C=O) groups is 2. The first-order valence-corrected chi connectivity index (χ1v) is 18.4. The third-order valence-corrected chi connectivity index (χ3v) is 11.5. The van der Waals surface area contributed by atoms with Crippen LogP contribution in [0.25, 0.3) is 0 Å². The monoisotopic (exact) mass is 745 g/mol. The molecule has 1 aromatic carbocycles. The highest BCUT2D eigenvalue weighted by molar-refractivity contribution is 6.35. The van der Waals surface area contributed by atoms with E-state index in [4.69, 9.17) is 52.6 Å². The number of aliphatic hydroxyl groups is 2. The van der Waals surface area contributed by atoms with E-state index < -0.39 is 71.8 Å². The topological polar surface area (TPSA) is 162 Å². The highest BCUT2D eigenvalue weighted by Crippen LogP contribution is 2.45. The Morgan fingerprint density at radius 2 is 1.72 bits per heavy atom. The third-order valence-electron chi connectivity index (χ3n) is 11.1. The lowest BCUT2D eigenvalue weighted by Gasteiger charge is -2.47. The highest BCUT2D eigenvalue weighted by atomic mass is 35.5. The first kappa shape index (κ1) is 41.0. The number of amides is 1. The van der Waals surface area contributed by atoms with Crippen LogP contribution in [0.15, 0.2) is 18.2 Å². The summed E-state index contributed by atoms with van der Waals surface area (Å²) in [5.74, 6) is -2.89. The Labute approximate surface area is 306 Å². The van der Waals surface area contributed by atoms with Crippen molar-refractivity contribution in [2.24, 2.45) is 29.4 Å². The molecular weight excluding hydrogens is 689 g/mol. The summed E-state index contributed by atoms with van der Waals surface area (Å²) in [5, 5.41) is 27.2. The van der Waals surface area contributed by atoms with Crippen LogP contribution in [0.3, 0.4) is 0 Å². The molecule has 0 radical (unpaired) electrons. The van der Waals surface area contributed by atoms with E-state index in [1.54, 1.807) is 20.8 Å². The minimum atomic E-state index is -1.61. The third kappa shape index (κ3) is 8.72. The molecule has 0 aromatic heterocycles. The molecule has 1 amide bonds. The molecular formula is C36H57Cl2N3O9. The molecule has 15 atom stereocenters. The van der Waals surface area contributed by atoms with Gasteiger partial charge in [-0.05, 0) is 85.2 Å². The lowest BCUT2D eigenvalue weighted by molar-refractivity contribution is -0.299. The van der Waals surface area contributed by atoms with Gasteiger partial charge in [0.25, 0.3) is 0 Å². The highest BCUT2D eigenvalue weighted by Gasteiger charge is 2.57. The molecule has 3 heterocycles. The number of carbonyl (C=O) groups excluding carboxylic acids is 2. The fourth-order valence-corrected chi connectivity index (χ4v) is 8.90. The number of anilines is 1. The van der Waals surface area contributed by atoms with Crippen molar-refractivity contribution in [2.45, 2.75) is 141 Å². The second kappa shape index (κ2) is 16.1. The van der Waals surface area contributed by atoms with Crippen molar-refractivity contribution in [2.75, 3.05) is 19.4 Å². The molecule has 284 valence electrons. The minimum absolute atomic E-state index is 0.124. The van der Waals surface area contributed by atoms with Crippen LogP contribution < -0.4 is 11.1 Å². The second-order valence-corrected chi connectivity index (χ2v) is 16.3. The zero-order valence-corrected chi connectivity index (χ0v) is 32.4. The fourth-order valence-electron chi connectivity index (χ4n) is 8.37. The van der Waals surface area contributed by atoms with Gasteiger partial charge in [-0.2, -0.15) is 0 Å². The molecule has 0 spiro atoms. The van der Waals surface area contributed by atoms with Crippen LogP contribution in [0, 0.1) is 23.7 Å².